The molecule has 10 heteroatoms. The van der Waals surface area contributed by atoms with Crippen molar-refractivity contribution in [3.05, 3.63) is 35.9 Å². The molecule has 39 heavy (non-hydrogen) atoms. The first-order valence-electron chi connectivity index (χ1n) is 13.6. The molecule has 4 amide bonds. The van der Waals surface area contributed by atoms with Gasteiger partial charge in [-0.3, -0.25) is 28.4 Å². The van der Waals surface area contributed by atoms with Gasteiger partial charge in [0.15, 0.2) is 5.78 Å². The summed E-state index contributed by atoms with van der Waals surface area (Å²) in [4.78, 5) is 67.3. The summed E-state index contributed by atoms with van der Waals surface area (Å²) in [7, 11) is 3.13. The Hall–Kier alpha value is -3.30. The number of carbonyl (C=O) groups excluding carboxylic acids is 5. The third kappa shape index (κ3) is 8.86. The molecule has 2 N–H and O–H groups in total. The molecule has 0 saturated carbocycles. The third-order valence-corrected chi connectivity index (χ3v) is 7.15. The number of ketones is 1. The van der Waals surface area contributed by atoms with Gasteiger partial charge < -0.3 is 20.4 Å². The lowest BCUT2D eigenvalue weighted by molar-refractivity contribution is -0.141. The molecule has 1 aliphatic rings. The number of benzene rings is 1. The fourth-order valence-electron chi connectivity index (χ4n) is 5.05. The number of rotatable bonds is 13. The van der Waals surface area contributed by atoms with Gasteiger partial charge >= 0.3 is 0 Å². The van der Waals surface area contributed by atoms with E-state index in [9.17, 15) is 28.4 Å². The maximum absolute atomic E-state index is 14.5. The van der Waals surface area contributed by atoms with E-state index in [2.05, 4.69) is 10.6 Å². The lowest BCUT2D eigenvalue weighted by Crippen LogP contribution is -2.55. The fraction of sp³-hybridized carbons (Fsp3) is 0.621. The lowest BCUT2D eigenvalue weighted by Gasteiger charge is -2.30. The van der Waals surface area contributed by atoms with Crippen LogP contribution >= 0.6 is 0 Å². The summed E-state index contributed by atoms with van der Waals surface area (Å²) in [5.41, 5.74) is 0.802. The van der Waals surface area contributed by atoms with E-state index in [0.29, 0.717) is 19.4 Å². The second-order valence-electron chi connectivity index (χ2n) is 11.0. The minimum Gasteiger partial charge on any atom is -0.349 e. The van der Waals surface area contributed by atoms with E-state index in [4.69, 9.17) is 0 Å². The molecule has 0 aliphatic carbocycles. The van der Waals surface area contributed by atoms with Crippen molar-refractivity contribution in [2.24, 2.45) is 17.8 Å². The third-order valence-electron chi connectivity index (χ3n) is 7.15. The summed E-state index contributed by atoms with van der Waals surface area (Å²) in [6.07, 6.45) is 1.64. The largest absolute Gasteiger partial charge is 0.349 e. The van der Waals surface area contributed by atoms with Crippen molar-refractivity contribution in [3.63, 3.8) is 0 Å². The Bertz CT molecular complexity index is 1020. The van der Waals surface area contributed by atoms with E-state index in [-0.39, 0.29) is 30.6 Å². The molecule has 0 radical (unpaired) electrons. The first-order valence-corrected chi connectivity index (χ1v) is 13.6. The van der Waals surface area contributed by atoms with Crippen LogP contribution in [0.25, 0.3) is 0 Å². The Morgan fingerprint density at radius 1 is 1.03 bits per heavy atom. The fourth-order valence-corrected chi connectivity index (χ4v) is 5.05. The summed E-state index contributed by atoms with van der Waals surface area (Å²) in [6.45, 7) is 6.10. The normalized spacial score (nSPS) is 18.2. The molecule has 2 unspecified atom stereocenters. The number of nitrogens with one attached hydrogen (secondary N) is 2. The van der Waals surface area contributed by atoms with Crippen LogP contribution in [0.4, 0.5) is 4.39 Å². The van der Waals surface area contributed by atoms with Crippen LogP contribution in [-0.2, 0) is 30.4 Å². The van der Waals surface area contributed by atoms with Crippen LogP contribution in [-0.4, -0.2) is 84.7 Å². The minimum absolute atomic E-state index is 0.0101. The van der Waals surface area contributed by atoms with Crippen molar-refractivity contribution >= 4 is 29.4 Å². The van der Waals surface area contributed by atoms with Crippen LogP contribution in [0.2, 0.25) is 0 Å². The molecule has 1 heterocycles. The highest BCUT2D eigenvalue weighted by Gasteiger charge is 2.39. The van der Waals surface area contributed by atoms with Crippen LogP contribution in [0.5, 0.6) is 0 Å². The smallest absolute Gasteiger partial charge is 0.243 e. The zero-order valence-corrected chi connectivity index (χ0v) is 23.9. The molecular formula is C29H43FN4O5. The Balaban J connectivity index is 2.21. The van der Waals surface area contributed by atoms with Gasteiger partial charge in [-0.1, -0.05) is 44.2 Å². The maximum atomic E-state index is 14.5. The summed E-state index contributed by atoms with van der Waals surface area (Å²) in [5.74, 6) is -4.35. The number of alkyl halides is 1. The van der Waals surface area contributed by atoms with E-state index < -0.39 is 54.2 Å². The Labute approximate surface area is 230 Å². The zero-order valence-electron chi connectivity index (χ0n) is 23.9. The molecule has 216 valence electrons. The molecule has 1 saturated heterocycles. The molecule has 2 rings (SSSR count). The van der Waals surface area contributed by atoms with Gasteiger partial charge in [0.1, 0.15) is 12.1 Å². The van der Waals surface area contributed by atoms with Gasteiger partial charge in [0.05, 0.1) is 24.6 Å². The average molecular weight is 547 g/mol. The van der Waals surface area contributed by atoms with Crippen molar-refractivity contribution < 1.29 is 28.4 Å². The number of carbonyl (C=O) groups is 5. The number of hydrogen-bond donors (Lipinski definition) is 2. The average Bonchev–Trinajstić information content (AvgIpc) is 3.38. The summed E-state index contributed by atoms with van der Waals surface area (Å²) >= 11 is 0. The first kappa shape index (κ1) is 31.9. The SMILES string of the molecule is CC(=O)N1CCC[C@H]1C(=O)N[C@@H](C)C(=O)N[C@@H](CC(C)C)C(=O)C(CF)C(Cc1ccccc1)C(=O)N(C)C. The van der Waals surface area contributed by atoms with E-state index in [0.717, 1.165) is 5.56 Å². The highest BCUT2D eigenvalue weighted by Crippen LogP contribution is 2.25. The monoisotopic (exact) mass is 546 g/mol. The molecule has 1 aliphatic heterocycles. The number of nitrogens with zero attached hydrogens (tertiary/aromatic N) is 2. The number of amides is 4. The van der Waals surface area contributed by atoms with Gasteiger partial charge in [-0.2, -0.15) is 0 Å². The number of likely N-dealkylation sites (tertiary alicyclic amines) is 1. The van der Waals surface area contributed by atoms with Crippen LogP contribution < -0.4 is 10.6 Å². The topological polar surface area (TPSA) is 116 Å². The minimum atomic E-state index is -1.25. The maximum Gasteiger partial charge on any atom is 0.243 e. The van der Waals surface area contributed by atoms with Crippen molar-refractivity contribution in [2.45, 2.75) is 71.5 Å². The van der Waals surface area contributed by atoms with Gasteiger partial charge in [-0.15, -0.1) is 0 Å². The van der Waals surface area contributed by atoms with Gasteiger partial charge in [0, 0.05) is 27.6 Å². The van der Waals surface area contributed by atoms with Crippen LogP contribution in [0.1, 0.15) is 52.5 Å². The van der Waals surface area contributed by atoms with Crippen molar-refractivity contribution in [1.82, 2.24) is 20.4 Å². The van der Waals surface area contributed by atoms with Crippen LogP contribution in [0.15, 0.2) is 30.3 Å². The van der Waals surface area contributed by atoms with Gasteiger partial charge in [-0.05, 0) is 44.1 Å². The predicted octanol–water partition coefficient (Wildman–Crippen LogP) is 2.13. The Morgan fingerprint density at radius 3 is 2.21 bits per heavy atom. The van der Waals surface area contributed by atoms with E-state index in [1.54, 1.807) is 14.1 Å². The quantitative estimate of drug-likeness (QED) is 0.393. The molecule has 0 aromatic heterocycles. The molecule has 0 bridgehead atoms. The molecular weight excluding hydrogens is 503 g/mol. The summed E-state index contributed by atoms with van der Waals surface area (Å²) in [5, 5.41) is 5.35. The van der Waals surface area contributed by atoms with Gasteiger partial charge in [0.25, 0.3) is 0 Å². The van der Waals surface area contributed by atoms with E-state index in [1.807, 2.05) is 44.2 Å². The van der Waals surface area contributed by atoms with Crippen LogP contribution in [0.3, 0.4) is 0 Å². The van der Waals surface area contributed by atoms with Crippen molar-refractivity contribution in [1.29, 1.82) is 0 Å². The number of hydrogen-bond acceptors (Lipinski definition) is 5. The Morgan fingerprint density at radius 2 is 1.67 bits per heavy atom. The van der Waals surface area contributed by atoms with Gasteiger partial charge in [0.2, 0.25) is 23.6 Å². The molecule has 5 atom stereocenters. The summed E-state index contributed by atoms with van der Waals surface area (Å²) < 4.78 is 14.5. The van der Waals surface area contributed by atoms with E-state index in [1.165, 1.54) is 23.6 Å². The second-order valence-corrected chi connectivity index (χ2v) is 11.0. The lowest BCUT2D eigenvalue weighted by atomic mass is 9.80. The van der Waals surface area contributed by atoms with E-state index >= 15 is 0 Å². The highest BCUT2D eigenvalue weighted by atomic mass is 19.1. The second kappa shape index (κ2) is 14.7. The van der Waals surface area contributed by atoms with Crippen LogP contribution in [0, 0.1) is 17.8 Å². The Kier molecular flexibility index (Phi) is 12.1. The van der Waals surface area contributed by atoms with Crippen molar-refractivity contribution in [3.8, 4) is 0 Å². The standard InChI is InChI=1S/C29H43FN4O5/c1-18(2)15-24(32-27(37)19(3)31-28(38)25-13-10-14-34(25)20(4)35)26(36)23(17-30)22(29(39)33(5)6)16-21-11-8-7-9-12-21/h7-9,11-12,18-19,22-25H,10,13-17H2,1-6H3,(H,31,38)(H,32,37)/t19-,22?,23?,24-,25-/m0/s1. The summed E-state index contributed by atoms with van der Waals surface area (Å²) in [6, 6.07) is 6.46. The molecule has 9 nitrogen and oxygen atoms in total. The van der Waals surface area contributed by atoms with Gasteiger partial charge in [-0.25, -0.2) is 0 Å². The number of halogens is 1. The molecule has 1 fully saturated rings. The van der Waals surface area contributed by atoms with Crippen molar-refractivity contribution in [2.75, 3.05) is 27.3 Å². The molecule has 0 spiro atoms. The molecule has 1 aromatic rings. The predicted molar refractivity (Wildman–Crippen MR) is 146 cm³/mol. The number of Topliss-reactive ketones (excluding diaryl/α,β-unsaturated/α-hetero) is 1. The first-order chi connectivity index (χ1) is 18.4. The highest BCUT2D eigenvalue weighted by molar-refractivity contribution is 5.96. The molecule has 1 aromatic carbocycles. The zero-order chi connectivity index (χ0) is 29.3.